The van der Waals surface area contributed by atoms with Crippen LogP contribution in [0.2, 0.25) is 0 Å². The lowest BCUT2D eigenvalue weighted by molar-refractivity contribution is 0.478. The Bertz CT molecular complexity index is 870. The SMILES string of the molecule is Cc1ccc(O)c(N)c1-c1cc(C#Cc2cccnc2)c[nH]1. The second-order valence-electron chi connectivity index (χ2n) is 4.98. The van der Waals surface area contributed by atoms with E-state index in [1.807, 2.05) is 37.4 Å². The van der Waals surface area contributed by atoms with Gasteiger partial charge in [-0.1, -0.05) is 17.9 Å². The largest absolute Gasteiger partial charge is 0.506 e. The number of aromatic amines is 1. The van der Waals surface area contributed by atoms with Crippen LogP contribution in [0, 0.1) is 18.8 Å². The summed E-state index contributed by atoms with van der Waals surface area (Å²) in [6, 6.07) is 9.11. The molecule has 3 aromatic rings. The van der Waals surface area contributed by atoms with Crippen molar-refractivity contribution in [3.05, 3.63) is 65.6 Å². The van der Waals surface area contributed by atoms with Crippen molar-refractivity contribution in [1.82, 2.24) is 9.97 Å². The number of H-pyrrole nitrogens is 1. The summed E-state index contributed by atoms with van der Waals surface area (Å²) >= 11 is 0. The minimum atomic E-state index is 0.0817. The first-order valence-electron chi connectivity index (χ1n) is 6.84. The van der Waals surface area contributed by atoms with Gasteiger partial charge in [-0.3, -0.25) is 4.98 Å². The number of pyridine rings is 1. The zero-order valence-corrected chi connectivity index (χ0v) is 12.1. The summed E-state index contributed by atoms with van der Waals surface area (Å²) in [6.07, 6.45) is 5.26. The van der Waals surface area contributed by atoms with Crippen molar-refractivity contribution < 1.29 is 5.11 Å². The Hall–Kier alpha value is -3.19. The van der Waals surface area contributed by atoms with E-state index >= 15 is 0 Å². The average Bonchev–Trinajstić information content (AvgIpc) is 2.99. The third-order valence-corrected chi connectivity index (χ3v) is 3.40. The van der Waals surface area contributed by atoms with Crippen molar-refractivity contribution in [2.75, 3.05) is 5.73 Å². The highest BCUT2D eigenvalue weighted by molar-refractivity contribution is 5.81. The van der Waals surface area contributed by atoms with E-state index < -0.39 is 0 Å². The summed E-state index contributed by atoms with van der Waals surface area (Å²) in [5, 5.41) is 9.77. The second kappa shape index (κ2) is 5.66. The summed E-state index contributed by atoms with van der Waals surface area (Å²) in [6.45, 7) is 1.95. The number of phenols is 1. The fraction of sp³-hybridized carbons (Fsp3) is 0.0556. The third-order valence-electron chi connectivity index (χ3n) is 3.40. The molecule has 0 bridgehead atoms. The van der Waals surface area contributed by atoms with E-state index in [0.717, 1.165) is 27.9 Å². The van der Waals surface area contributed by atoms with Gasteiger partial charge in [-0.25, -0.2) is 0 Å². The Labute approximate surface area is 128 Å². The molecule has 0 atom stereocenters. The highest BCUT2D eigenvalue weighted by Gasteiger charge is 2.11. The molecule has 0 aliphatic rings. The van der Waals surface area contributed by atoms with Gasteiger partial charge in [-0.2, -0.15) is 0 Å². The first-order valence-corrected chi connectivity index (χ1v) is 6.84. The molecule has 22 heavy (non-hydrogen) atoms. The quantitative estimate of drug-likeness (QED) is 0.366. The van der Waals surface area contributed by atoms with Gasteiger partial charge in [0, 0.05) is 41.0 Å². The predicted molar refractivity (Wildman–Crippen MR) is 87.3 cm³/mol. The monoisotopic (exact) mass is 289 g/mol. The number of nitrogens with two attached hydrogens (primary N) is 1. The number of aromatic hydroxyl groups is 1. The third kappa shape index (κ3) is 2.65. The standard InChI is InChI=1S/C18H15N3O/c1-12-4-7-16(22)18(19)17(12)15-9-14(11-21-15)6-5-13-3-2-8-20-10-13/h2-4,7-11,21-22H,19H2,1H3. The number of anilines is 1. The molecule has 2 aromatic heterocycles. The summed E-state index contributed by atoms with van der Waals surface area (Å²) < 4.78 is 0. The Morgan fingerprint density at radius 2 is 2.00 bits per heavy atom. The number of hydrogen-bond donors (Lipinski definition) is 3. The van der Waals surface area contributed by atoms with Gasteiger partial charge in [-0.15, -0.1) is 0 Å². The van der Waals surface area contributed by atoms with E-state index in [2.05, 4.69) is 21.8 Å². The molecule has 1 aromatic carbocycles. The second-order valence-corrected chi connectivity index (χ2v) is 4.98. The molecular formula is C18H15N3O. The fourth-order valence-electron chi connectivity index (χ4n) is 2.27. The molecule has 0 saturated heterocycles. The number of aromatic nitrogens is 2. The van der Waals surface area contributed by atoms with Gasteiger partial charge in [0.05, 0.1) is 5.69 Å². The van der Waals surface area contributed by atoms with E-state index in [1.54, 1.807) is 18.5 Å². The summed E-state index contributed by atoms with van der Waals surface area (Å²) in [5.74, 6) is 6.21. The molecular weight excluding hydrogens is 274 g/mol. The van der Waals surface area contributed by atoms with Crippen molar-refractivity contribution >= 4 is 5.69 Å². The van der Waals surface area contributed by atoms with Crippen LogP contribution < -0.4 is 5.73 Å². The highest BCUT2D eigenvalue weighted by atomic mass is 16.3. The van der Waals surface area contributed by atoms with Crippen molar-refractivity contribution in [3.63, 3.8) is 0 Å². The van der Waals surface area contributed by atoms with Gasteiger partial charge in [0.25, 0.3) is 0 Å². The van der Waals surface area contributed by atoms with Crippen molar-refractivity contribution in [2.24, 2.45) is 0 Å². The molecule has 4 N–H and O–H groups in total. The van der Waals surface area contributed by atoms with Crippen molar-refractivity contribution in [3.8, 4) is 28.8 Å². The van der Waals surface area contributed by atoms with Crippen LogP contribution in [0.3, 0.4) is 0 Å². The molecule has 0 saturated carbocycles. The van der Waals surface area contributed by atoms with E-state index in [1.165, 1.54) is 0 Å². The number of nitrogens with one attached hydrogen (secondary N) is 1. The average molecular weight is 289 g/mol. The van der Waals surface area contributed by atoms with Crippen LogP contribution in [0.5, 0.6) is 5.75 Å². The zero-order chi connectivity index (χ0) is 15.5. The minimum Gasteiger partial charge on any atom is -0.506 e. The lowest BCUT2D eigenvalue weighted by atomic mass is 10.0. The van der Waals surface area contributed by atoms with Gasteiger partial charge in [0.2, 0.25) is 0 Å². The fourth-order valence-corrected chi connectivity index (χ4v) is 2.27. The lowest BCUT2D eigenvalue weighted by Crippen LogP contribution is -1.93. The van der Waals surface area contributed by atoms with Crippen LogP contribution in [-0.2, 0) is 0 Å². The van der Waals surface area contributed by atoms with Crippen LogP contribution in [0.4, 0.5) is 5.69 Å². The highest BCUT2D eigenvalue weighted by Crippen LogP contribution is 2.34. The molecule has 0 aliphatic heterocycles. The van der Waals surface area contributed by atoms with Gasteiger partial charge in [0.15, 0.2) is 0 Å². The van der Waals surface area contributed by atoms with E-state index in [9.17, 15) is 5.11 Å². The van der Waals surface area contributed by atoms with Crippen LogP contribution >= 0.6 is 0 Å². The van der Waals surface area contributed by atoms with E-state index in [4.69, 9.17) is 5.73 Å². The number of nitrogens with zero attached hydrogens (tertiary/aromatic N) is 1. The van der Waals surface area contributed by atoms with E-state index in [-0.39, 0.29) is 5.75 Å². The Morgan fingerprint density at radius 1 is 1.18 bits per heavy atom. The molecule has 0 fully saturated rings. The van der Waals surface area contributed by atoms with Crippen molar-refractivity contribution in [1.29, 1.82) is 0 Å². The summed E-state index contributed by atoms with van der Waals surface area (Å²) in [5.41, 5.74) is 10.7. The lowest BCUT2D eigenvalue weighted by Gasteiger charge is -2.09. The Balaban J connectivity index is 1.96. The predicted octanol–water partition coefficient (Wildman–Crippen LogP) is 3.07. The first kappa shape index (κ1) is 13.8. The molecule has 0 radical (unpaired) electrons. The molecule has 4 nitrogen and oxygen atoms in total. The normalized spacial score (nSPS) is 10.0. The molecule has 108 valence electrons. The Kier molecular flexibility index (Phi) is 3.55. The van der Waals surface area contributed by atoms with Gasteiger partial charge < -0.3 is 15.8 Å². The number of aryl methyl sites for hydroxylation is 1. The molecule has 3 rings (SSSR count). The maximum atomic E-state index is 9.77. The Morgan fingerprint density at radius 3 is 2.77 bits per heavy atom. The molecule has 0 aliphatic carbocycles. The molecule has 2 heterocycles. The topological polar surface area (TPSA) is 74.9 Å². The number of hydrogen-bond acceptors (Lipinski definition) is 3. The number of phenolic OH excluding ortho intramolecular Hbond substituents is 1. The molecule has 0 amide bonds. The van der Waals surface area contributed by atoms with Crippen molar-refractivity contribution in [2.45, 2.75) is 6.92 Å². The summed E-state index contributed by atoms with van der Waals surface area (Å²) in [7, 11) is 0. The molecule has 0 unspecified atom stereocenters. The van der Waals surface area contributed by atoms with Crippen LogP contribution in [0.25, 0.3) is 11.3 Å². The first-order chi connectivity index (χ1) is 10.6. The molecule has 0 spiro atoms. The van der Waals surface area contributed by atoms with E-state index in [0.29, 0.717) is 5.69 Å². The van der Waals surface area contributed by atoms with Gasteiger partial charge in [-0.05, 0) is 36.8 Å². The number of rotatable bonds is 1. The van der Waals surface area contributed by atoms with Crippen LogP contribution in [0.1, 0.15) is 16.7 Å². The summed E-state index contributed by atoms with van der Waals surface area (Å²) in [4.78, 5) is 7.19. The maximum absolute atomic E-state index is 9.77. The number of benzene rings is 1. The minimum absolute atomic E-state index is 0.0817. The zero-order valence-electron chi connectivity index (χ0n) is 12.1. The van der Waals surface area contributed by atoms with Gasteiger partial charge in [0.1, 0.15) is 5.75 Å². The van der Waals surface area contributed by atoms with Crippen LogP contribution in [-0.4, -0.2) is 15.1 Å². The number of nitrogen functional groups attached to an aromatic ring is 1. The molecule has 4 heteroatoms. The maximum Gasteiger partial charge on any atom is 0.139 e. The van der Waals surface area contributed by atoms with Gasteiger partial charge >= 0.3 is 0 Å². The smallest absolute Gasteiger partial charge is 0.139 e. The van der Waals surface area contributed by atoms with Crippen LogP contribution in [0.15, 0.2) is 48.9 Å².